The number of nitrogens with one attached hydrogen (secondary N) is 2. The van der Waals surface area contributed by atoms with Crippen molar-refractivity contribution in [3.63, 3.8) is 0 Å². The molecule has 1 atom stereocenters. The highest BCUT2D eigenvalue weighted by Gasteiger charge is 2.17. The quantitative estimate of drug-likeness (QED) is 0.801. The lowest BCUT2D eigenvalue weighted by Gasteiger charge is -2.23. The maximum absolute atomic E-state index is 11.6. The number of hydrogen-bond acceptors (Lipinski definition) is 2. The number of urea groups is 1. The summed E-state index contributed by atoms with van der Waals surface area (Å²) in [5.74, 6) is 0. The van der Waals surface area contributed by atoms with E-state index in [1.165, 1.54) is 0 Å². The van der Waals surface area contributed by atoms with Gasteiger partial charge in [0.05, 0.1) is 24.3 Å². The molecule has 5 heteroatoms. The Labute approximate surface area is 96.3 Å². The first kappa shape index (κ1) is 12.5. The Bertz CT molecular complexity index is 364. The molecule has 0 aliphatic rings. The van der Waals surface area contributed by atoms with Crippen molar-refractivity contribution in [2.45, 2.75) is 39.3 Å². The summed E-state index contributed by atoms with van der Waals surface area (Å²) in [5, 5.41) is 5.72. The highest BCUT2D eigenvalue weighted by atomic mass is 16.2. The standard InChI is InChI=1S/C11H20N4O/c1-8(9-6-12-7-15(9)5)13-10(16)14-11(2,3)4/h6-8H,1-5H3,(H2,13,14,16). The summed E-state index contributed by atoms with van der Waals surface area (Å²) in [6.45, 7) is 7.77. The zero-order valence-electron chi connectivity index (χ0n) is 10.5. The summed E-state index contributed by atoms with van der Waals surface area (Å²) in [4.78, 5) is 15.6. The molecule has 0 spiro atoms. The molecule has 90 valence electrons. The van der Waals surface area contributed by atoms with E-state index in [-0.39, 0.29) is 17.6 Å². The molecule has 0 fully saturated rings. The average molecular weight is 224 g/mol. The van der Waals surface area contributed by atoms with Crippen LogP contribution in [0.15, 0.2) is 12.5 Å². The van der Waals surface area contributed by atoms with Crippen LogP contribution in [0.5, 0.6) is 0 Å². The number of aromatic nitrogens is 2. The molecule has 5 nitrogen and oxygen atoms in total. The second-order valence-corrected chi connectivity index (χ2v) is 5.00. The second-order valence-electron chi connectivity index (χ2n) is 5.00. The van der Waals surface area contributed by atoms with Gasteiger partial charge in [0, 0.05) is 12.6 Å². The van der Waals surface area contributed by atoms with Gasteiger partial charge in [0.25, 0.3) is 0 Å². The summed E-state index contributed by atoms with van der Waals surface area (Å²) in [6, 6.07) is -0.226. The Hall–Kier alpha value is -1.52. The lowest BCUT2D eigenvalue weighted by molar-refractivity contribution is 0.228. The fourth-order valence-electron chi connectivity index (χ4n) is 1.43. The van der Waals surface area contributed by atoms with Gasteiger partial charge >= 0.3 is 6.03 Å². The van der Waals surface area contributed by atoms with Gasteiger partial charge in [0.1, 0.15) is 0 Å². The van der Waals surface area contributed by atoms with E-state index in [4.69, 9.17) is 0 Å². The minimum absolute atomic E-state index is 0.0603. The first-order chi connectivity index (χ1) is 7.29. The number of carbonyl (C=O) groups is 1. The fraction of sp³-hybridized carbons (Fsp3) is 0.636. The summed E-state index contributed by atoms with van der Waals surface area (Å²) in [6.07, 6.45) is 3.47. The molecule has 2 N–H and O–H groups in total. The number of hydrogen-bond donors (Lipinski definition) is 2. The number of imidazole rings is 1. The van der Waals surface area contributed by atoms with Crippen LogP contribution in [-0.4, -0.2) is 21.1 Å². The zero-order chi connectivity index (χ0) is 12.3. The van der Waals surface area contributed by atoms with Gasteiger partial charge in [0.2, 0.25) is 0 Å². The van der Waals surface area contributed by atoms with Crippen molar-refractivity contribution in [2.75, 3.05) is 0 Å². The SMILES string of the molecule is CC(NC(=O)NC(C)(C)C)c1cncn1C. The second kappa shape index (κ2) is 4.55. The number of rotatable bonds is 2. The highest BCUT2D eigenvalue weighted by molar-refractivity contribution is 5.75. The van der Waals surface area contributed by atoms with Crippen molar-refractivity contribution in [1.82, 2.24) is 20.2 Å². The molecule has 0 aromatic carbocycles. The minimum atomic E-state index is -0.226. The van der Waals surface area contributed by atoms with Gasteiger partial charge in [-0.2, -0.15) is 0 Å². The first-order valence-corrected chi connectivity index (χ1v) is 5.34. The highest BCUT2D eigenvalue weighted by Crippen LogP contribution is 2.10. The summed E-state index contributed by atoms with van der Waals surface area (Å²) in [7, 11) is 1.90. The van der Waals surface area contributed by atoms with Gasteiger partial charge in [-0.15, -0.1) is 0 Å². The molecule has 0 aliphatic carbocycles. The van der Waals surface area contributed by atoms with Gasteiger partial charge in [0.15, 0.2) is 0 Å². The predicted molar refractivity (Wildman–Crippen MR) is 63.0 cm³/mol. The Morgan fingerprint density at radius 3 is 2.56 bits per heavy atom. The van der Waals surface area contributed by atoms with Crippen molar-refractivity contribution < 1.29 is 4.79 Å². The van der Waals surface area contributed by atoms with Crippen LogP contribution < -0.4 is 10.6 Å². The molecule has 0 bridgehead atoms. The number of aryl methyl sites for hydroxylation is 1. The van der Waals surface area contributed by atoms with E-state index in [2.05, 4.69) is 15.6 Å². The zero-order valence-corrected chi connectivity index (χ0v) is 10.5. The molecule has 0 saturated carbocycles. The maximum atomic E-state index is 11.6. The van der Waals surface area contributed by atoms with Crippen LogP contribution >= 0.6 is 0 Å². The normalized spacial score (nSPS) is 13.3. The molecule has 1 rings (SSSR count). The maximum Gasteiger partial charge on any atom is 0.315 e. The van der Waals surface area contributed by atoms with Crippen molar-refractivity contribution in [3.05, 3.63) is 18.2 Å². The molecule has 1 heterocycles. The Balaban J connectivity index is 2.56. The molecule has 16 heavy (non-hydrogen) atoms. The third kappa shape index (κ3) is 3.56. The van der Waals surface area contributed by atoms with Crippen LogP contribution in [0.1, 0.15) is 39.4 Å². The lowest BCUT2D eigenvalue weighted by Crippen LogP contribution is -2.47. The van der Waals surface area contributed by atoms with Crippen molar-refractivity contribution in [2.24, 2.45) is 7.05 Å². The van der Waals surface area contributed by atoms with Gasteiger partial charge in [-0.25, -0.2) is 9.78 Å². The van der Waals surface area contributed by atoms with E-state index in [1.54, 1.807) is 12.5 Å². The van der Waals surface area contributed by atoms with Gasteiger partial charge < -0.3 is 15.2 Å². The van der Waals surface area contributed by atoms with Crippen LogP contribution in [0.2, 0.25) is 0 Å². The monoisotopic (exact) mass is 224 g/mol. The van der Waals surface area contributed by atoms with Crippen molar-refractivity contribution in [1.29, 1.82) is 0 Å². The van der Waals surface area contributed by atoms with E-state index in [1.807, 2.05) is 39.3 Å². The molecule has 1 unspecified atom stereocenters. The molecule has 0 aliphatic heterocycles. The Morgan fingerprint density at radius 2 is 2.12 bits per heavy atom. The molecule has 2 amide bonds. The Morgan fingerprint density at radius 1 is 1.50 bits per heavy atom. The minimum Gasteiger partial charge on any atom is -0.336 e. The predicted octanol–water partition coefficient (Wildman–Crippen LogP) is 1.58. The van der Waals surface area contributed by atoms with Gasteiger partial charge in [-0.05, 0) is 27.7 Å². The summed E-state index contributed by atoms with van der Waals surface area (Å²) in [5.41, 5.74) is 0.750. The van der Waals surface area contributed by atoms with E-state index >= 15 is 0 Å². The van der Waals surface area contributed by atoms with Crippen LogP contribution in [0.3, 0.4) is 0 Å². The average Bonchev–Trinajstić information content (AvgIpc) is 2.47. The topological polar surface area (TPSA) is 59.0 Å². The van der Waals surface area contributed by atoms with E-state index in [9.17, 15) is 4.79 Å². The molecular weight excluding hydrogens is 204 g/mol. The third-order valence-electron chi connectivity index (χ3n) is 2.13. The number of nitrogens with zero attached hydrogens (tertiary/aromatic N) is 2. The van der Waals surface area contributed by atoms with E-state index < -0.39 is 0 Å². The summed E-state index contributed by atoms with van der Waals surface area (Å²) < 4.78 is 1.89. The molecule has 0 saturated heterocycles. The van der Waals surface area contributed by atoms with Crippen LogP contribution in [0.4, 0.5) is 4.79 Å². The van der Waals surface area contributed by atoms with Crippen LogP contribution in [0.25, 0.3) is 0 Å². The molecule has 1 aromatic heterocycles. The van der Waals surface area contributed by atoms with Crippen molar-refractivity contribution >= 4 is 6.03 Å². The van der Waals surface area contributed by atoms with E-state index in [0.717, 1.165) is 5.69 Å². The smallest absolute Gasteiger partial charge is 0.315 e. The van der Waals surface area contributed by atoms with Gasteiger partial charge in [-0.3, -0.25) is 0 Å². The van der Waals surface area contributed by atoms with Crippen molar-refractivity contribution in [3.8, 4) is 0 Å². The third-order valence-corrected chi connectivity index (χ3v) is 2.13. The Kier molecular flexibility index (Phi) is 3.57. The van der Waals surface area contributed by atoms with Crippen LogP contribution in [-0.2, 0) is 7.05 Å². The largest absolute Gasteiger partial charge is 0.336 e. The summed E-state index contributed by atoms with van der Waals surface area (Å²) >= 11 is 0. The van der Waals surface area contributed by atoms with Gasteiger partial charge in [-0.1, -0.05) is 0 Å². The molecule has 0 radical (unpaired) electrons. The lowest BCUT2D eigenvalue weighted by atomic mass is 10.1. The number of amides is 2. The van der Waals surface area contributed by atoms with Crippen LogP contribution in [0, 0.1) is 0 Å². The fourth-order valence-corrected chi connectivity index (χ4v) is 1.43. The number of carbonyl (C=O) groups excluding carboxylic acids is 1. The molecular formula is C11H20N4O. The van der Waals surface area contributed by atoms with E-state index in [0.29, 0.717) is 0 Å². The molecule has 1 aromatic rings. The first-order valence-electron chi connectivity index (χ1n) is 5.34.